The summed E-state index contributed by atoms with van der Waals surface area (Å²) in [6.07, 6.45) is 0.265. The fourth-order valence-corrected chi connectivity index (χ4v) is 1.76. The molecular weight excluding hydrogens is 223 g/mol. The Bertz CT molecular complexity index is 429. The molecule has 2 rings (SSSR count). The van der Waals surface area contributed by atoms with E-state index < -0.39 is 0 Å². The minimum Gasteiger partial charge on any atom is -0.273 e. The van der Waals surface area contributed by atoms with Crippen molar-refractivity contribution in [3.05, 3.63) is 33.8 Å². The Morgan fingerprint density at radius 1 is 1.36 bits per heavy atom. The molecule has 1 aromatic rings. The molecule has 1 aliphatic heterocycles. The molecule has 0 bridgehead atoms. The number of carbonyl (C=O) groups is 1. The molecule has 1 amide bonds. The SMILES string of the molecule is O=C1CC(c2ccc(Cl)cc2Cl)=NN1. The molecule has 72 valence electrons. The van der Waals surface area contributed by atoms with Gasteiger partial charge in [0.2, 0.25) is 5.91 Å². The average molecular weight is 229 g/mol. The number of hydrogen-bond donors (Lipinski definition) is 1. The lowest BCUT2D eigenvalue weighted by atomic mass is 10.1. The summed E-state index contributed by atoms with van der Waals surface area (Å²) < 4.78 is 0. The highest BCUT2D eigenvalue weighted by molar-refractivity contribution is 6.37. The summed E-state index contributed by atoms with van der Waals surface area (Å²) in [5.74, 6) is -0.119. The smallest absolute Gasteiger partial charge is 0.246 e. The summed E-state index contributed by atoms with van der Waals surface area (Å²) in [7, 11) is 0. The van der Waals surface area contributed by atoms with Crippen LogP contribution >= 0.6 is 23.2 Å². The number of nitrogens with zero attached hydrogens (tertiary/aromatic N) is 1. The molecule has 0 fully saturated rings. The first-order valence-electron chi connectivity index (χ1n) is 3.97. The van der Waals surface area contributed by atoms with E-state index in [1.807, 2.05) is 0 Å². The number of nitrogens with one attached hydrogen (secondary N) is 1. The molecule has 1 aromatic carbocycles. The number of hydrogen-bond acceptors (Lipinski definition) is 2. The number of benzene rings is 1. The van der Waals surface area contributed by atoms with Crippen molar-refractivity contribution < 1.29 is 4.79 Å². The fraction of sp³-hybridized carbons (Fsp3) is 0.111. The highest BCUT2D eigenvalue weighted by atomic mass is 35.5. The van der Waals surface area contributed by atoms with Crippen molar-refractivity contribution in [2.75, 3.05) is 0 Å². The first-order chi connectivity index (χ1) is 6.66. The van der Waals surface area contributed by atoms with Gasteiger partial charge in [0.05, 0.1) is 17.2 Å². The van der Waals surface area contributed by atoms with E-state index in [0.717, 1.165) is 5.56 Å². The van der Waals surface area contributed by atoms with Crippen molar-refractivity contribution in [3.8, 4) is 0 Å². The van der Waals surface area contributed by atoms with Crippen LogP contribution in [0.3, 0.4) is 0 Å². The molecule has 0 aliphatic carbocycles. The van der Waals surface area contributed by atoms with Gasteiger partial charge >= 0.3 is 0 Å². The second kappa shape index (κ2) is 3.59. The largest absolute Gasteiger partial charge is 0.273 e. The summed E-state index contributed by atoms with van der Waals surface area (Å²) in [6, 6.07) is 5.10. The highest BCUT2D eigenvalue weighted by Gasteiger charge is 2.18. The lowest BCUT2D eigenvalue weighted by Crippen LogP contribution is -2.09. The standard InChI is InChI=1S/C9H6Cl2N2O/c10-5-1-2-6(7(11)3-5)8-4-9(14)13-12-8/h1-3H,4H2,(H,13,14). The molecule has 0 unspecified atom stereocenters. The molecule has 0 saturated heterocycles. The monoisotopic (exact) mass is 228 g/mol. The Balaban J connectivity index is 2.38. The predicted molar refractivity (Wildman–Crippen MR) is 55.8 cm³/mol. The van der Waals surface area contributed by atoms with Gasteiger partial charge in [0.25, 0.3) is 0 Å². The van der Waals surface area contributed by atoms with Crippen molar-refractivity contribution in [1.82, 2.24) is 5.43 Å². The van der Waals surface area contributed by atoms with Crippen LogP contribution in [0.2, 0.25) is 10.0 Å². The average Bonchev–Trinajstić information content (AvgIpc) is 2.51. The van der Waals surface area contributed by atoms with Gasteiger partial charge in [-0.15, -0.1) is 0 Å². The Labute approximate surface area is 90.7 Å². The van der Waals surface area contributed by atoms with Gasteiger partial charge in [-0.2, -0.15) is 5.10 Å². The van der Waals surface area contributed by atoms with E-state index in [4.69, 9.17) is 23.2 Å². The van der Waals surface area contributed by atoms with Crippen LogP contribution in [0.1, 0.15) is 12.0 Å². The Morgan fingerprint density at radius 2 is 2.14 bits per heavy atom. The van der Waals surface area contributed by atoms with Crippen LogP contribution in [0.4, 0.5) is 0 Å². The van der Waals surface area contributed by atoms with E-state index in [1.54, 1.807) is 18.2 Å². The molecule has 1 aliphatic rings. The van der Waals surface area contributed by atoms with Crippen molar-refractivity contribution >= 4 is 34.8 Å². The highest BCUT2D eigenvalue weighted by Crippen LogP contribution is 2.23. The third-order valence-electron chi connectivity index (χ3n) is 1.89. The predicted octanol–water partition coefficient (Wildman–Crippen LogP) is 2.22. The van der Waals surface area contributed by atoms with Crippen molar-refractivity contribution in [3.63, 3.8) is 0 Å². The van der Waals surface area contributed by atoms with Gasteiger partial charge in [-0.1, -0.05) is 29.3 Å². The van der Waals surface area contributed by atoms with E-state index in [-0.39, 0.29) is 12.3 Å². The van der Waals surface area contributed by atoms with Gasteiger partial charge < -0.3 is 0 Å². The van der Waals surface area contributed by atoms with Gasteiger partial charge in [0.1, 0.15) is 0 Å². The van der Waals surface area contributed by atoms with Crippen molar-refractivity contribution in [2.24, 2.45) is 5.10 Å². The molecule has 0 atom stereocenters. The number of carbonyl (C=O) groups excluding carboxylic acids is 1. The first-order valence-corrected chi connectivity index (χ1v) is 4.73. The molecule has 1 heterocycles. The summed E-state index contributed by atoms with van der Waals surface area (Å²) in [5, 5.41) is 4.94. The maximum absolute atomic E-state index is 10.9. The van der Waals surface area contributed by atoms with Crippen LogP contribution in [0, 0.1) is 0 Å². The van der Waals surface area contributed by atoms with Crippen molar-refractivity contribution in [2.45, 2.75) is 6.42 Å². The normalized spacial score (nSPS) is 15.3. The Kier molecular flexibility index (Phi) is 2.44. The number of halogens is 2. The van der Waals surface area contributed by atoms with E-state index in [1.165, 1.54) is 0 Å². The maximum atomic E-state index is 10.9. The van der Waals surface area contributed by atoms with E-state index in [9.17, 15) is 4.79 Å². The lowest BCUT2D eigenvalue weighted by Gasteiger charge is -2.01. The minimum absolute atomic E-state index is 0.119. The van der Waals surface area contributed by atoms with Crippen LogP contribution in [-0.4, -0.2) is 11.6 Å². The second-order valence-electron chi connectivity index (χ2n) is 2.89. The molecule has 0 aromatic heterocycles. The van der Waals surface area contributed by atoms with Gasteiger partial charge in [-0.05, 0) is 12.1 Å². The third kappa shape index (κ3) is 1.74. The number of amides is 1. The molecule has 0 saturated carbocycles. The quantitative estimate of drug-likeness (QED) is 0.788. The lowest BCUT2D eigenvalue weighted by molar-refractivity contribution is -0.119. The van der Waals surface area contributed by atoms with Crippen LogP contribution < -0.4 is 5.43 Å². The third-order valence-corrected chi connectivity index (χ3v) is 2.43. The summed E-state index contributed by atoms with van der Waals surface area (Å²) >= 11 is 11.7. The number of rotatable bonds is 1. The molecule has 0 spiro atoms. The number of hydrazone groups is 1. The Hall–Kier alpha value is -1.06. The van der Waals surface area contributed by atoms with E-state index in [0.29, 0.717) is 15.8 Å². The molecule has 5 heteroatoms. The first kappa shape index (κ1) is 9.49. The van der Waals surface area contributed by atoms with Crippen LogP contribution in [-0.2, 0) is 4.79 Å². The minimum atomic E-state index is -0.119. The second-order valence-corrected chi connectivity index (χ2v) is 3.74. The van der Waals surface area contributed by atoms with Gasteiger partial charge in [0, 0.05) is 10.6 Å². The maximum Gasteiger partial charge on any atom is 0.246 e. The van der Waals surface area contributed by atoms with Gasteiger partial charge in [-0.3, -0.25) is 4.79 Å². The molecule has 3 nitrogen and oxygen atoms in total. The van der Waals surface area contributed by atoms with E-state index >= 15 is 0 Å². The molecule has 14 heavy (non-hydrogen) atoms. The zero-order valence-corrected chi connectivity index (χ0v) is 8.56. The molecular formula is C9H6Cl2N2O. The summed E-state index contributed by atoms with van der Waals surface area (Å²) in [4.78, 5) is 10.9. The Morgan fingerprint density at radius 3 is 2.71 bits per heavy atom. The van der Waals surface area contributed by atoms with Gasteiger partial charge in [-0.25, -0.2) is 5.43 Å². The van der Waals surface area contributed by atoms with Crippen LogP contribution in [0.5, 0.6) is 0 Å². The van der Waals surface area contributed by atoms with Gasteiger partial charge in [0.15, 0.2) is 0 Å². The topological polar surface area (TPSA) is 41.5 Å². The zero-order valence-electron chi connectivity index (χ0n) is 7.05. The molecule has 0 radical (unpaired) electrons. The fourth-order valence-electron chi connectivity index (χ4n) is 1.24. The molecule has 1 N–H and O–H groups in total. The summed E-state index contributed by atoms with van der Waals surface area (Å²) in [5.41, 5.74) is 3.76. The van der Waals surface area contributed by atoms with E-state index in [2.05, 4.69) is 10.5 Å². The van der Waals surface area contributed by atoms with Crippen LogP contribution in [0.15, 0.2) is 23.3 Å². The van der Waals surface area contributed by atoms with Crippen LogP contribution in [0.25, 0.3) is 0 Å². The summed E-state index contributed by atoms with van der Waals surface area (Å²) in [6.45, 7) is 0. The van der Waals surface area contributed by atoms with Crippen molar-refractivity contribution in [1.29, 1.82) is 0 Å². The zero-order chi connectivity index (χ0) is 10.1.